The normalized spacial score (nSPS) is 23.4. The summed E-state index contributed by atoms with van der Waals surface area (Å²) in [5.41, 5.74) is 0.746. The molecule has 1 unspecified atom stereocenters. The van der Waals surface area contributed by atoms with E-state index >= 15 is 0 Å². The monoisotopic (exact) mass is 314 g/mol. The van der Waals surface area contributed by atoms with Gasteiger partial charge in [0.15, 0.2) is 0 Å². The zero-order valence-electron chi connectivity index (χ0n) is 11.9. The zero-order valence-corrected chi connectivity index (χ0v) is 12.7. The molecule has 0 radical (unpaired) electrons. The van der Waals surface area contributed by atoms with Crippen molar-refractivity contribution in [1.29, 1.82) is 0 Å². The summed E-state index contributed by atoms with van der Waals surface area (Å²) < 4.78 is 13.1. The van der Waals surface area contributed by atoms with Gasteiger partial charge < -0.3 is 15.7 Å². The van der Waals surface area contributed by atoms with Crippen LogP contribution in [0.2, 0.25) is 5.02 Å². The second-order valence-corrected chi connectivity index (χ2v) is 5.93. The van der Waals surface area contributed by atoms with E-state index in [1.807, 2.05) is 6.92 Å². The standard InChI is InChI=1S/C15H20ClFN2O2/c1-9(10-2-7-14(17)13(16)8-10)18-15(21)19-11-3-5-12(20)6-4-11/h2,7-9,11-12,20H,3-6H2,1H3,(H2,18,19,21). The summed E-state index contributed by atoms with van der Waals surface area (Å²) >= 11 is 5.74. The van der Waals surface area contributed by atoms with Crippen LogP contribution in [0.1, 0.15) is 44.2 Å². The topological polar surface area (TPSA) is 61.4 Å². The largest absolute Gasteiger partial charge is 0.393 e. The number of benzene rings is 1. The second kappa shape index (κ2) is 7.09. The maximum Gasteiger partial charge on any atom is 0.315 e. The molecule has 3 N–H and O–H groups in total. The lowest BCUT2D eigenvalue weighted by Crippen LogP contribution is -2.44. The minimum Gasteiger partial charge on any atom is -0.393 e. The summed E-state index contributed by atoms with van der Waals surface area (Å²) in [6.07, 6.45) is 2.75. The third-order valence-corrected chi connectivity index (χ3v) is 4.11. The van der Waals surface area contributed by atoms with Crippen LogP contribution >= 0.6 is 11.6 Å². The molecule has 0 spiro atoms. The maximum atomic E-state index is 13.1. The summed E-state index contributed by atoms with van der Waals surface area (Å²) in [4.78, 5) is 11.9. The summed E-state index contributed by atoms with van der Waals surface area (Å²) in [6, 6.07) is 3.97. The lowest BCUT2D eigenvalue weighted by Gasteiger charge is -2.27. The lowest BCUT2D eigenvalue weighted by molar-refractivity contribution is 0.117. The van der Waals surface area contributed by atoms with Crippen molar-refractivity contribution < 1.29 is 14.3 Å². The Bertz CT molecular complexity index is 504. The quantitative estimate of drug-likeness (QED) is 0.802. The number of hydrogen-bond donors (Lipinski definition) is 3. The van der Waals surface area contributed by atoms with Gasteiger partial charge in [-0.15, -0.1) is 0 Å². The molecule has 116 valence electrons. The van der Waals surface area contributed by atoms with E-state index in [0.717, 1.165) is 18.4 Å². The van der Waals surface area contributed by atoms with E-state index in [1.165, 1.54) is 12.1 Å². The Morgan fingerprint density at radius 3 is 2.67 bits per heavy atom. The Balaban J connectivity index is 1.85. The molecule has 0 heterocycles. The summed E-state index contributed by atoms with van der Waals surface area (Å²) in [5.74, 6) is -0.474. The fraction of sp³-hybridized carbons (Fsp3) is 0.533. The fourth-order valence-corrected chi connectivity index (χ4v) is 2.70. The van der Waals surface area contributed by atoms with E-state index in [-0.39, 0.29) is 29.2 Å². The number of halogens is 2. The number of hydrogen-bond acceptors (Lipinski definition) is 2. The molecule has 6 heteroatoms. The molecule has 1 aromatic rings. The van der Waals surface area contributed by atoms with Gasteiger partial charge in [0.2, 0.25) is 0 Å². The van der Waals surface area contributed by atoms with Crippen molar-refractivity contribution in [2.24, 2.45) is 0 Å². The number of nitrogens with one attached hydrogen (secondary N) is 2. The third-order valence-electron chi connectivity index (χ3n) is 3.82. The Hall–Kier alpha value is -1.33. The number of aliphatic hydroxyl groups excluding tert-OH is 1. The molecule has 4 nitrogen and oxygen atoms in total. The Labute approximate surface area is 128 Å². The van der Waals surface area contributed by atoms with Crippen molar-refractivity contribution >= 4 is 17.6 Å². The number of rotatable bonds is 3. The Morgan fingerprint density at radius 1 is 1.38 bits per heavy atom. The second-order valence-electron chi connectivity index (χ2n) is 5.52. The van der Waals surface area contributed by atoms with E-state index in [0.29, 0.717) is 12.8 Å². The van der Waals surface area contributed by atoms with Gasteiger partial charge in [0.05, 0.1) is 17.2 Å². The van der Waals surface area contributed by atoms with Crippen LogP contribution in [0.3, 0.4) is 0 Å². The minimum absolute atomic E-state index is 0.0443. The third kappa shape index (κ3) is 4.58. The molecule has 1 aliphatic rings. The van der Waals surface area contributed by atoms with Crippen molar-refractivity contribution in [3.8, 4) is 0 Å². The molecule has 1 fully saturated rings. The first kappa shape index (κ1) is 16.0. The molecule has 2 rings (SSSR count). The summed E-state index contributed by atoms with van der Waals surface area (Å²) in [6.45, 7) is 1.81. The number of carbonyl (C=O) groups excluding carboxylic acids is 1. The number of carbonyl (C=O) groups is 1. The SMILES string of the molecule is CC(NC(=O)NC1CCC(O)CC1)c1ccc(F)c(Cl)c1. The first-order valence-corrected chi connectivity index (χ1v) is 7.53. The van der Waals surface area contributed by atoms with Crippen LogP contribution in [0.15, 0.2) is 18.2 Å². The van der Waals surface area contributed by atoms with Crippen LogP contribution in [-0.4, -0.2) is 23.3 Å². The molecule has 2 amide bonds. The van der Waals surface area contributed by atoms with Crippen molar-refractivity contribution in [3.63, 3.8) is 0 Å². The molecule has 1 saturated carbocycles. The average Bonchev–Trinajstić information content (AvgIpc) is 2.44. The van der Waals surface area contributed by atoms with Gasteiger partial charge in [0.1, 0.15) is 5.82 Å². The van der Waals surface area contributed by atoms with Gasteiger partial charge in [-0.3, -0.25) is 0 Å². The van der Waals surface area contributed by atoms with E-state index in [2.05, 4.69) is 10.6 Å². The van der Waals surface area contributed by atoms with Gasteiger partial charge >= 0.3 is 6.03 Å². The minimum atomic E-state index is -0.474. The molecular formula is C15H20ClFN2O2. The van der Waals surface area contributed by atoms with E-state index in [9.17, 15) is 14.3 Å². The molecule has 0 saturated heterocycles. The molecule has 0 aromatic heterocycles. The van der Waals surface area contributed by atoms with Crippen molar-refractivity contribution in [2.45, 2.75) is 50.8 Å². The number of amides is 2. The van der Waals surface area contributed by atoms with Crippen LogP contribution in [0.4, 0.5) is 9.18 Å². The van der Waals surface area contributed by atoms with Gasteiger partial charge in [-0.05, 0) is 50.3 Å². The average molecular weight is 315 g/mol. The van der Waals surface area contributed by atoms with Crippen molar-refractivity contribution in [2.75, 3.05) is 0 Å². The lowest BCUT2D eigenvalue weighted by atomic mass is 9.93. The highest BCUT2D eigenvalue weighted by Gasteiger charge is 2.21. The van der Waals surface area contributed by atoms with E-state index in [4.69, 9.17) is 11.6 Å². The van der Waals surface area contributed by atoms with E-state index in [1.54, 1.807) is 6.07 Å². The molecule has 21 heavy (non-hydrogen) atoms. The molecule has 1 atom stereocenters. The highest BCUT2D eigenvalue weighted by Crippen LogP contribution is 2.21. The number of aliphatic hydroxyl groups is 1. The first-order chi connectivity index (χ1) is 9.95. The van der Waals surface area contributed by atoms with Crippen molar-refractivity contribution in [3.05, 3.63) is 34.6 Å². The number of urea groups is 1. The highest BCUT2D eigenvalue weighted by molar-refractivity contribution is 6.30. The van der Waals surface area contributed by atoms with Crippen LogP contribution in [0.5, 0.6) is 0 Å². The van der Waals surface area contributed by atoms with Crippen molar-refractivity contribution in [1.82, 2.24) is 10.6 Å². The molecule has 0 bridgehead atoms. The van der Waals surface area contributed by atoms with Crippen LogP contribution < -0.4 is 10.6 Å². The molecule has 1 aliphatic carbocycles. The predicted octanol–water partition coefficient (Wildman–Crippen LogP) is 3.14. The van der Waals surface area contributed by atoms with Gasteiger partial charge in [0.25, 0.3) is 0 Å². The van der Waals surface area contributed by atoms with Crippen LogP contribution in [0.25, 0.3) is 0 Å². The molecule has 0 aliphatic heterocycles. The maximum absolute atomic E-state index is 13.1. The van der Waals surface area contributed by atoms with Crippen LogP contribution in [-0.2, 0) is 0 Å². The van der Waals surface area contributed by atoms with Gasteiger partial charge in [-0.1, -0.05) is 17.7 Å². The zero-order chi connectivity index (χ0) is 15.4. The summed E-state index contributed by atoms with van der Waals surface area (Å²) in [7, 11) is 0. The van der Waals surface area contributed by atoms with E-state index < -0.39 is 5.82 Å². The van der Waals surface area contributed by atoms with Crippen LogP contribution in [0, 0.1) is 5.82 Å². The Kier molecular flexibility index (Phi) is 5.42. The highest BCUT2D eigenvalue weighted by atomic mass is 35.5. The summed E-state index contributed by atoms with van der Waals surface area (Å²) in [5, 5.41) is 15.2. The van der Waals surface area contributed by atoms with Gasteiger partial charge in [0, 0.05) is 6.04 Å². The van der Waals surface area contributed by atoms with Gasteiger partial charge in [-0.25, -0.2) is 9.18 Å². The fourth-order valence-electron chi connectivity index (χ4n) is 2.51. The molecular weight excluding hydrogens is 295 g/mol. The Morgan fingerprint density at radius 2 is 2.05 bits per heavy atom. The predicted molar refractivity (Wildman–Crippen MR) is 79.8 cm³/mol. The molecule has 1 aromatic carbocycles. The van der Waals surface area contributed by atoms with Gasteiger partial charge in [-0.2, -0.15) is 0 Å². The smallest absolute Gasteiger partial charge is 0.315 e. The first-order valence-electron chi connectivity index (χ1n) is 7.15.